The zero-order valence-corrected chi connectivity index (χ0v) is 20.0. The van der Waals surface area contributed by atoms with Crippen LogP contribution in [-0.4, -0.2) is 28.4 Å². The number of rotatable bonds is 8. The van der Waals surface area contributed by atoms with Crippen molar-refractivity contribution in [3.05, 3.63) is 88.2 Å². The first kappa shape index (κ1) is 26.2. The molecule has 0 fully saturated rings. The Balaban J connectivity index is 2.05. The summed E-state index contributed by atoms with van der Waals surface area (Å²) in [5.41, 5.74) is 1.50. The molecular weight excluding hydrogens is 481 g/mol. The third-order valence-corrected chi connectivity index (χ3v) is 5.60. The van der Waals surface area contributed by atoms with Gasteiger partial charge in [0.15, 0.2) is 0 Å². The van der Waals surface area contributed by atoms with Crippen molar-refractivity contribution in [2.24, 2.45) is 0 Å². The predicted octanol–water partition coefficient (Wildman–Crippen LogP) is 6.08. The Bertz CT molecular complexity index is 1200. The molecule has 184 valence electrons. The number of hydrogen-bond donors (Lipinski definition) is 0. The summed E-state index contributed by atoms with van der Waals surface area (Å²) >= 11 is 6.33. The molecule has 0 aliphatic carbocycles. The van der Waals surface area contributed by atoms with Crippen LogP contribution in [0.15, 0.2) is 60.8 Å². The molecule has 0 N–H and O–H groups in total. The number of ether oxygens (including phenoxy) is 1. The van der Waals surface area contributed by atoms with Gasteiger partial charge in [-0.2, -0.15) is 13.2 Å². The lowest BCUT2D eigenvalue weighted by molar-refractivity contribution is -0.142. The highest BCUT2D eigenvalue weighted by molar-refractivity contribution is 6.32. The van der Waals surface area contributed by atoms with E-state index in [-0.39, 0.29) is 42.7 Å². The van der Waals surface area contributed by atoms with Gasteiger partial charge in [0.25, 0.3) is 0 Å². The Kier molecular flexibility index (Phi) is 8.51. The first-order valence-electron chi connectivity index (χ1n) is 10.9. The summed E-state index contributed by atoms with van der Waals surface area (Å²) in [7, 11) is 0. The number of halogens is 4. The van der Waals surface area contributed by atoms with Gasteiger partial charge < -0.3 is 9.64 Å². The highest BCUT2D eigenvalue weighted by Gasteiger charge is 2.31. The van der Waals surface area contributed by atoms with Gasteiger partial charge in [0.2, 0.25) is 5.91 Å². The Labute approximate surface area is 206 Å². The van der Waals surface area contributed by atoms with Crippen LogP contribution in [0, 0.1) is 0 Å². The molecule has 9 heteroatoms. The minimum atomic E-state index is -4.57. The number of carbonyl (C=O) groups is 2. The number of benzene rings is 2. The van der Waals surface area contributed by atoms with Gasteiger partial charge in [0.05, 0.1) is 18.6 Å². The minimum absolute atomic E-state index is 0.0610. The molecule has 3 rings (SSSR count). The van der Waals surface area contributed by atoms with Crippen molar-refractivity contribution in [3.8, 4) is 11.1 Å². The summed E-state index contributed by atoms with van der Waals surface area (Å²) in [6.07, 6.45) is -3.21. The molecule has 0 aliphatic rings. The lowest BCUT2D eigenvalue weighted by atomic mass is 9.96. The molecular formula is C26H24ClF3N2O3. The number of carbonyl (C=O) groups excluding carboxylic acids is 2. The molecule has 0 bridgehead atoms. The first-order valence-corrected chi connectivity index (χ1v) is 11.3. The van der Waals surface area contributed by atoms with Gasteiger partial charge in [-0.3, -0.25) is 9.59 Å². The number of pyridine rings is 1. The topological polar surface area (TPSA) is 59.5 Å². The van der Waals surface area contributed by atoms with Crippen LogP contribution in [0.5, 0.6) is 0 Å². The van der Waals surface area contributed by atoms with Gasteiger partial charge in [-0.25, -0.2) is 4.98 Å². The number of hydrogen-bond acceptors (Lipinski definition) is 4. The molecule has 0 atom stereocenters. The summed E-state index contributed by atoms with van der Waals surface area (Å²) in [6.45, 7) is 3.42. The predicted molar refractivity (Wildman–Crippen MR) is 126 cm³/mol. The van der Waals surface area contributed by atoms with Crippen molar-refractivity contribution < 1.29 is 27.5 Å². The van der Waals surface area contributed by atoms with Gasteiger partial charge in [0, 0.05) is 31.8 Å². The standard InChI is InChI=1S/C26H24ClF3N2O3/c1-3-35-24(34)12-19-11-23(25(27)31-14-19)22-10-9-21(26(28,29)30)13-20(22)16-32(17(2)33)15-18-7-5-4-6-8-18/h4-11,13-14H,3,12,15-16H2,1-2H3. The lowest BCUT2D eigenvalue weighted by Crippen LogP contribution is -2.28. The monoisotopic (exact) mass is 504 g/mol. The van der Waals surface area contributed by atoms with E-state index in [1.54, 1.807) is 13.0 Å². The van der Waals surface area contributed by atoms with Crippen LogP contribution < -0.4 is 0 Å². The normalized spacial score (nSPS) is 11.3. The molecule has 2 aromatic carbocycles. The molecule has 0 unspecified atom stereocenters. The average molecular weight is 505 g/mol. The second kappa shape index (κ2) is 11.4. The van der Waals surface area contributed by atoms with Crippen LogP contribution in [-0.2, 0) is 40.0 Å². The van der Waals surface area contributed by atoms with E-state index in [1.807, 2.05) is 30.3 Å². The molecule has 0 aliphatic heterocycles. The van der Waals surface area contributed by atoms with Crippen molar-refractivity contribution in [3.63, 3.8) is 0 Å². The van der Waals surface area contributed by atoms with E-state index in [9.17, 15) is 22.8 Å². The molecule has 0 saturated heterocycles. The molecule has 1 amide bonds. The maximum absolute atomic E-state index is 13.5. The molecule has 1 aromatic heterocycles. The van der Waals surface area contributed by atoms with E-state index in [2.05, 4.69) is 4.98 Å². The molecule has 5 nitrogen and oxygen atoms in total. The number of alkyl halides is 3. The SMILES string of the molecule is CCOC(=O)Cc1cnc(Cl)c(-c2ccc(C(F)(F)F)cc2CN(Cc2ccccc2)C(C)=O)c1. The average Bonchev–Trinajstić information content (AvgIpc) is 2.80. The molecule has 35 heavy (non-hydrogen) atoms. The molecule has 3 aromatic rings. The smallest absolute Gasteiger partial charge is 0.416 e. The molecule has 0 saturated carbocycles. The van der Waals surface area contributed by atoms with Crippen LogP contribution >= 0.6 is 11.6 Å². The maximum Gasteiger partial charge on any atom is 0.416 e. The Morgan fingerprint density at radius 2 is 1.71 bits per heavy atom. The van der Waals surface area contributed by atoms with E-state index in [0.717, 1.165) is 17.7 Å². The van der Waals surface area contributed by atoms with Crippen molar-refractivity contribution in [2.75, 3.05) is 6.61 Å². The zero-order valence-electron chi connectivity index (χ0n) is 19.2. The van der Waals surface area contributed by atoms with E-state index in [4.69, 9.17) is 16.3 Å². The van der Waals surface area contributed by atoms with Crippen molar-refractivity contribution >= 4 is 23.5 Å². The summed E-state index contributed by atoms with van der Waals surface area (Å²) in [4.78, 5) is 29.9. The first-order chi connectivity index (χ1) is 16.6. The van der Waals surface area contributed by atoms with Gasteiger partial charge in [-0.05, 0) is 47.4 Å². The van der Waals surface area contributed by atoms with Crippen LogP contribution in [0.25, 0.3) is 11.1 Å². The molecule has 0 spiro atoms. The number of esters is 1. The van der Waals surface area contributed by atoms with Gasteiger partial charge in [-0.1, -0.05) is 48.0 Å². The van der Waals surface area contributed by atoms with Gasteiger partial charge in [-0.15, -0.1) is 0 Å². The summed E-state index contributed by atoms with van der Waals surface area (Å²) in [5.74, 6) is -0.752. The van der Waals surface area contributed by atoms with Crippen molar-refractivity contribution in [1.82, 2.24) is 9.88 Å². The van der Waals surface area contributed by atoms with E-state index in [1.165, 1.54) is 24.1 Å². The number of aromatic nitrogens is 1. The van der Waals surface area contributed by atoms with E-state index < -0.39 is 17.7 Å². The Morgan fingerprint density at radius 1 is 1.00 bits per heavy atom. The van der Waals surface area contributed by atoms with E-state index in [0.29, 0.717) is 16.7 Å². The highest BCUT2D eigenvalue weighted by Crippen LogP contribution is 2.36. The fourth-order valence-electron chi connectivity index (χ4n) is 3.61. The number of nitrogens with zero attached hydrogens (tertiary/aromatic N) is 2. The summed E-state index contributed by atoms with van der Waals surface area (Å²) < 4.78 is 45.6. The number of amides is 1. The summed E-state index contributed by atoms with van der Waals surface area (Å²) in [5, 5.41) is 0.0658. The Morgan fingerprint density at radius 3 is 2.34 bits per heavy atom. The second-order valence-corrected chi connectivity index (χ2v) is 8.25. The van der Waals surface area contributed by atoms with Crippen LogP contribution in [0.4, 0.5) is 13.2 Å². The third kappa shape index (κ3) is 7.05. The maximum atomic E-state index is 13.5. The van der Waals surface area contributed by atoms with E-state index >= 15 is 0 Å². The van der Waals surface area contributed by atoms with Crippen molar-refractivity contribution in [1.29, 1.82) is 0 Å². The van der Waals surface area contributed by atoms with Gasteiger partial charge in [0.1, 0.15) is 5.15 Å². The molecule has 0 radical (unpaired) electrons. The fourth-order valence-corrected chi connectivity index (χ4v) is 3.81. The van der Waals surface area contributed by atoms with Crippen LogP contribution in [0.2, 0.25) is 5.15 Å². The fraction of sp³-hybridized carbons (Fsp3) is 0.269. The van der Waals surface area contributed by atoms with Gasteiger partial charge >= 0.3 is 12.1 Å². The Hall–Kier alpha value is -3.39. The largest absolute Gasteiger partial charge is 0.466 e. The lowest BCUT2D eigenvalue weighted by Gasteiger charge is -2.24. The minimum Gasteiger partial charge on any atom is -0.466 e. The van der Waals surface area contributed by atoms with Crippen molar-refractivity contribution in [2.45, 2.75) is 39.5 Å². The summed E-state index contributed by atoms with van der Waals surface area (Å²) in [6, 6.07) is 14.1. The second-order valence-electron chi connectivity index (χ2n) is 7.89. The zero-order chi connectivity index (χ0) is 25.6. The third-order valence-electron chi connectivity index (χ3n) is 5.30. The highest BCUT2D eigenvalue weighted by atomic mass is 35.5. The van der Waals surface area contributed by atoms with Crippen LogP contribution in [0.3, 0.4) is 0 Å². The van der Waals surface area contributed by atoms with Crippen LogP contribution in [0.1, 0.15) is 36.1 Å². The molecule has 1 heterocycles. The quantitative estimate of drug-likeness (QED) is 0.276.